The van der Waals surface area contributed by atoms with E-state index in [2.05, 4.69) is 47.5 Å². The van der Waals surface area contributed by atoms with E-state index in [1.54, 1.807) is 66.7 Å². The van der Waals surface area contributed by atoms with Crippen LogP contribution in [0.25, 0.3) is 0 Å². The molecule has 1 aromatic heterocycles. The van der Waals surface area contributed by atoms with Gasteiger partial charge in [-0.3, -0.25) is 9.59 Å². The molecule has 26 heavy (non-hydrogen) atoms. The number of amides is 2. The van der Waals surface area contributed by atoms with E-state index in [1.807, 2.05) is 0 Å². The summed E-state index contributed by atoms with van der Waals surface area (Å²) in [7, 11) is 0. The number of anilines is 2. The summed E-state index contributed by atoms with van der Waals surface area (Å²) >= 11 is 6.66. The molecule has 5 nitrogen and oxygen atoms in total. The van der Waals surface area contributed by atoms with Gasteiger partial charge in [0, 0.05) is 20.1 Å². The molecule has 0 spiro atoms. The van der Waals surface area contributed by atoms with Crippen LogP contribution in [-0.2, 0) is 0 Å². The zero-order valence-corrected chi connectivity index (χ0v) is 16.5. The predicted octanol–water partition coefficient (Wildman–Crippen LogP) is 5.11. The SMILES string of the molecule is O=C(Nc1cccc(NC(=O)c2ccc(Br)cc2)n1)c1ccc(Br)cc1. The van der Waals surface area contributed by atoms with Crippen LogP contribution in [0, 0.1) is 0 Å². The molecule has 0 saturated heterocycles. The first-order valence-corrected chi connectivity index (χ1v) is 9.21. The van der Waals surface area contributed by atoms with Gasteiger partial charge in [-0.05, 0) is 60.7 Å². The molecule has 3 rings (SSSR count). The van der Waals surface area contributed by atoms with E-state index < -0.39 is 0 Å². The minimum Gasteiger partial charge on any atom is -0.306 e. The lowest BCUT2D eigenvalue weighted by Gasteiger charge is -2.08. The van der Waals surface area contributed by atoms with Crippen molar-refractivity contribution in [2.24, 2.45) is 0 Å². The second-order valence-corrected chi connectivity index (χ2v) is 7.16. The lowest BCUT2D eigenvalue weighted by atomic mass is 10.2. The van der Waals surface area contributed by atoms with Crippen molar-refractivity contribution in [3.63, 3.8) is 0 Å². The summed E-state index contributed by atoms with van der Waals surface area (Å²) in [5, 5.41) is 5.43. The van der Waals surface area contributed by atoms with Crippen LogP contribution in [0.5, 0.6) is 0 Å². The molecule has 0 bridgehead atoms. The summed E-state index contributed by atoms with van der Waals surface area (Å²) in [6, 6.07) is 19.0. The Hall–Kier alpha value is -2.51. The van der Waals surface area contributed by atoms with Crippen molar-refractivity contribution >= 4 is 55.3 Å². The summed E-state index contributed by atoms with van der Waals surface area (Å²) in [4.78, 5) is 28.8. The molecule has 0 aliphatic heterocycles. The van der Waals surface area contributed by atoms with Crippen molar-refractivity contribution < 1.29 is 9.59 Å². The van der Waals surface area contributed by atoms with Crippen molar-refractivity contribution in [2.45, 2.75) is 0 Å². The van der Waals surface area contributed by atoms with Crippen molar-refractivity contribution in [2.75, 3.05) is 10.6 Å². The number of nitrogens with zero attached hydrogens (tertiary/aromatic N) is 1. The van der Waals surface area contributed by atoms with Crippen molar-refractivity contribution in [1.82, 2.24) is 4.98 Å². The number of carbonyl (C=O) groups excluding carboxylic acids is 2. The van der Waals surface area contributed by atoms with Crippen LogP contribution in [0.3, 0.4) is 0 Å². The number of hydrogen-bond acceptors (Lipinski definition) is 3. The summed E-state index contributed by atoms with van der Waals surface area (Å²) in [6.45, 7) is 0. The molecule has 2 aromatic carbocycles. The lowest BCUT2D eigenvalue weighted by molar-refractivity contribution is 0.101. The second kappa shape index (κ2) is 8.25. The molecule has 0 saturated carbocycles. The Labute approximate surface area is 167 Å². The molecule has 0 radical (unpaired) electrons. The average Bonchev–Trinajstić information content (AvgIpc) is 2.63. The first-order chi connectivity index (χ1) is 12.5. The Morgan fingerprint density at radius 3 is 1.42 bits per heavy atom. The van der Waals surface area contributed by atoms with Gasteiger partial charge in [0.15, 0.2) is 0 Å². The van der Waals surface area contributed by atoms with Gasteiger partial charge < -0.3 is 10.6 Å². The van der Waals surface area contributed by atoms with Crippen LogP contribution in [0.15, 0.2) is 75.7 Å². The molecule has 2 N–H and O–H groups in total. The molecule has 7 heteroatoms. The molecule has 0 aliphatic rings. The molecular weight excluding hydrogens is 462 g/mol. The third kappa shape index (κ3) is 4.77. The Kier molecular flexibility index (Phi) is 5.80. The fourth-order valence-electron chi connectivity index (χ4n) is 2.15. The van der Waals surface area contributed by atoms with E-state index in [9.17, 15) is 9.59 Å². The number of aromatic nitrogens is 1. The maximum absolute atomic E-state index is 12.3. The summed E-state index contributed by atoms with van der Waals surface area (Å²) in [5.41, 5.74) is 1.03. The van der Waals surface area contributed by atoms with Crippen LogP contribution in [0.2, 0.25) is 0 Å². The molecule has 0 unspecified atom stereocenters. The molecule has 0 aliphatic carbocycles. The highest BCUT2D eigenvalue weighted by Gasteiger charge is 2.09. The van der Waals surface area contributed by atoms with Crippen LogP contribution in [-0.4, -0.2) is 16.8 Å². The number of halogens is 2. The van der Waals surface area contributed by atoms with Gasteiger partial charge in [0.05, 0.1) is 0 Å². The van der Waals surface area contributed by atoms with E-state index in [4.69, 9.17) is 0 Å². The van der Waals surface area contributed by atoms with Gasteiger partial charge >= 0.3 is 0 Å². The zero-order chi connectivity index (χ0) is 18.5. The smallest absolute Gasteiger partial charge is 0.256 e. The molecule has 2 amide bonds. The lowest BCUT2D eigenvalue weighted by Crippen LogP contribution is -2.15. The van der Waals surface area contributed by atoms with E-state index >= 15 is 0 Å². The van der Waals surface area contributed by atoms with Crippen LogP contribution >= 0.6 is 31.9 Å². The minimum atomic E-state index is -0.276. The summed E-state index contributed by atoms with van der Waals surface area (Å²) in [5.74, 6) is 0.154. The van der Waals surface area contributed by atoms with E-state index in [-0.39, 0.29) is 11.8 Å². The molecule has 0 atom stereocenters. The number of rotatable bonds is 4. The predicted molar refractivity (Wildman–Crippen MR) is 108 cm³/mol. The molecule has 130 valence electrons. The third-order valence-electron chi connectivity index (χ3n) is 3.45. The number of pyridine rings is 1. The Balaban J connectivity index is 1.69. The molecule has 3 aromatic rings. The summed E-state index contributed by atoms with van der Waals surface area (Å²) in [6.07, 6.45) is 0. The van der Waals surface area contributed by atoms with Gasteiger partial charge in [-0.1, -0.05) is 37.9 Å². The normalized spacial score (nSPS) is 10.2. The van der Waals surface area contributed by atoms with Crippen LogP contribution in [0.1, 0.15) is 20.7 Å². The highest BCUT2D eigenvalue weighted by atomic mass is 79.9. The number of carbonyl (C=O) groups is 2. The topological polar surface area (TPSA) is 71.1 Å². The molecule has 1 heterocycles. The first-order valence-electron chi connectivity index (χ1n) is 7.62. The molecule has 0 fully saturated rings. The second-order valence-electron chi connectivity index (χ2n) is 5.33. The highest BCUT2D eigenvalue weighted by molar-refractivity contribution is 9.10. The van der Waals surface area contributed by atoms with E-state index in [0.29, 0.717) is 22.8 Å². The van der Waals surface area contributed by atoms with Crippen LogP contribution in [0.4, 0.5) is 11.6 Å². The van der Waals surface area contributed by atoms with Crippen molar-refractivity contribution in [3.8, 4) is 0 Å². The standard InChI is InChI=1S/C19H13Br2N3O2/c20-14-8-4-12(5-9-14)18(25)23-16-2-1-3-17(22-16)24-19(26)13-6-10-15(21)11-7-13/h1-11H,(H2,22,23,24,25,26). The van der Waals surface area contributed by atoms with E-state index in [0.717, 1.165) is 8.95 Å². The summed E-state index contributed by atoms with van der Waals surface area (Å²) < 4.78 is 1.79. The Bertz CT molecular complexity index is 867. The number of benzene rings is 2. The largest absolute Gasteiger partial charge is 0.306 e. The highest BCUT2D eigenvalue weighted by Crippen LogP contribution is 2.15. The average molecular weight is 475 g/mol. The maximum atomic E-state index is 12.3. The van der Waals surface area contributed by atoms with Gasteiger partial charge in [0.2, 0.25) is 0 Å². The van der Waals surface area contributed by atoms with Crippen LogP contribution < -0.4 is 10.6 Å². The van der Waals surface area contributed by atoms with Gasteiger partial charge in [0.1, 0.15) is 11.6 Å². The van der Waals surface area contributed by atoms with Gasteiger partial charge in [0.25, 0.3) is 11.8 Å². The zero-order valence-electron chi connectivity index (χ0n) is 13.4. The first kappa shape index (κ1) is 18.3. The van der Waals surface area contributed by atoms with Crippen molar-refractivity contribution in [3.05, 3.63) is 86.8 Å². The van der Waals surface area contributed by atoms with Gasteiger partial charge in [-0.15, -0.1) is 0 Å². The quantitative estimate of drug-likeness (QED) is 0.551. The minimum absolute atomic E-state index is 0.276. The number of nitrogens with one attached hydrogen (secondary N) is 2. The molecular formula is C19H13Br2N3O2. The van der Waals surface area contributed by atoms with Gasteiger partial charge in [-0.2, -0.15) is 0 Å². The Morgan fingerprint density at radius 2 is 1.04 bits per heavy atom. The van der Waals surface area contributed by atoms with E-state index in [1.165, 1.54) is 0 Å². The fourth-order valence-corrected chi connectivity index (χ4v) is 2.68. The fraction of sp³-hybridized carbons (Fsp3) is 0. The monoisotopic (exact) mass is 473 g/mol. The maximum Gasteiger partial charge on any atom is 0.256 e. The Morgan fingerprint density at radius 1 is 0.654 bits per heavy atom. The third-order valence-corrected chi connectivity index (χ3v) is 4.50. The van der Waals surface area contributed by atoms with Gasteiger partial charge in [-0.25, -0.2) is 4.98 Å². The number of hydrogen-bond donors (Lipinski definition) is 2. The van der Waals surface area contributed by atoms with Crippen molar-refractivity contribution in [1.29, 1.82) is 0 Å².